The van der Waals surface area contributed by atoms with E-state index in [1.165, 1.54) is 34.8 Å². The van der Waals surface area contributed by atoms with Crippen molar-refractivity contribution in [2.45, 2.75) is 23.6 Å². The van der Waals surface area contributed by atoms with Gasteiger partial charge in [0.15, 0.2) is 0 Å². The maximum absolute atomic E-state index is 12.9. The average molecular weight is 465 g/mol. The van der Waals surface area contributed by atoms with Crippen molar-refractivity contribution in [3.8, 4) is 23.3 Å². The van der Waals surface area contributed by atoms with Gasteiger partial charge in [-0.05, 0) is 24.6 Å². The van der Waals surface area contributed by atoms with E-state index in [9.17, 15) is 26.9 Å². The van der Waals surface area contributed by atoms with Crippen molar-refractivity contribution >= 4 is 10.0 Å². The Balaban J connectivity index is 1.43. The first-order valence-electron chi connectivity index (χ1n) is 9.22. The summed E-state index contributed by atoms with van der Waals surface area (Å²) in [6, 6.07) is 10.7. The number of benzene rings is 1. The highest BCUT2D eigenvalue weighted by Crippen LogP contribution is 2.30. The van der Waals surface area contributed by atoms with Crippen LogP contribution in [0.25, 0.3) is 11.4 Å². The second kappa shape index (κ2) is 8.21. The third-order valence-electron chi connectivity index (χ3n) is 4.68. The number of nitriles is 1. The van der Waals surface area contributed by atoms with Crippen LogP contribution in [-0.4, -0.2) is 47.0 Å². The van der Waals surface area contributed by atoms with Crippen molar-refractivity contribution in [3.63, 3.8) is 0 Å². The number of nitrogens with zero attached hydrogens (tertiary/aromatic N) is 5. The van der Waals surface area contributed by atoms with Crippen molar-refractivity contribution in [2.24, 2.45) is 0 Å². The minimum atomic E-state index is -4.75. The van der Waals surface area contributed by atoms with E-state index in [1.54, 1.807) is 12.1 Å². The highest BCUT2D eigenvalue weighted by molar-refractivity contribution is 7.89. The lowest BCUT2D eigenvalue weighted by molar-refractivity contribution is -0.159. The Hall–Kier alpha value is -3.50. The Morgan fingerprint density at radius 2 is 2.00 bits per heavy atom. The zero-order chi connectivity index (χ0) is 22.9. The predicted octanol–water partition coefficient (Wildman–Crippen LogP) is 2.86. The summed E-state index contributed by atoms with van der Waals surface area (Å²) in [4.78, 5) is 7.25. The van der Waals surface area contributed by atoms with Crippen LogP contribution in [0.3, 0.4) is 0 Å². The summed E-state index contributed by atoms with van der Waals surface area (Å²) in [5, 5.41) is 12.5. The summed E-state index contributed by atoms with van der Waals surface area (Å²) in [5.74, 6) is -1.57. The summed E-state index contributed by atoms with van der Waals surface area (Å²) in [6.45, 7) is 0.263. The SMILES string of the molecule is N#Cc1ccccc1S(=O)(=O)N1CCC(Oc2ccc(-c3noc(C(F)(F)F)n3)cn2)C1. The van der Waals surface area contributed by atoms with Gasteiger partial charge >= 0.3 is 12.1 Å². The van der Waals surface area contributed by atoms with Gasteiger partial charge in [-0.15, -0.1) is 0 Å². The molecular weight excluding hydrogens is 451 g/mol. The van der Waals surface area contributed by atoms with E-state index in [-0.39, 0.29) is 40.8 Å². The number of aromatic nitrogens is 3. The van der Waals surface area contributed by atoms with Crippen molar-refractivity contribution < 1.29 is 30.8 Å². The number of rotatable bonds is 5. The van der Waals surface area contributed by atoms with Crippen LogP contribution in [-0.2, 0) is 16.2 Å². The Morgan fingerprint density at radius 1 is 1.22 bits per heavy atom. The first kappa shape index (κ1) is 21.7. The quantitative estimate of drug-likeness (QED) is 0.564. The summed E-state index contributed by atoms with van der Waals surface area (Å²) in [6.07, 6.45) is -3.60. The largest absolute Gasteiger partial charge is 0.473 e. The molecule has 1 saturated heterocycles. The molecule has 32 heavy (non-hydrogen) atoms. The van der Waals surface area contributed by atoms with Crippen LogP contribution >= 0.6 is 0 Å². The van der Waals surface area contributed by atoms with Gasteiger partial charge in [0.25, 0.3) is 0 Å². The van der Waals surface area contributed by atoms with Gasteiger partial charge in [-0.2, -0.15) is 27.7 Å². The molecule has 166 valence electrons. The summed E-state index contributed by atoms with van der Waals surface area (Å²) in [5.41, 5.74) is 0.254. The molecule has 0 aliphatic carbocycles. The first-order valence-corrected chi connectivity index (χ1v) is 10.7. The average Bonchev–Trinajstić information content (AvgIpc) is 3.44. The molecule has 1 unspecified atom stereocenters. The monoisotopic (exact) mass is 465 g/mol. The van der Waals surface area contributed by atoms with E-state index in [2.05, 4.69) is 19.6 Å². The van der Waals surface area contributed by atoms with Crippen molar-refractivity contribution in [1.82, 2.24) is 19.4 Å². The van der Waals surface area contributed by atoms with Gasteiger partial charge in [-0.1, -0.05) is 17.3 Å². The second-order valence-electron chi connectivity index (χ2n) is 6.81. The normalized spacial score (nSPS) is 17.2. The lowest BCUT2D eigenvalue weighted by Gasteiger charge is -2.17. The van der Waals surface area contributed by atoms with Crippen LogP contribution in [0.15, 0.2) is 52.0 Å². The molecule has 4 rings (SSSR count). The molecule has 2 aromatic heterocycles. The van der Waals surface area contributed by atoms with E-state index in [4.69, 9.17) is 4.74 Å². The Kier molecular flexibility index (Phi) is 5.57. The lowest BCUT2D eigenvalue weighted by Crippen LogP contribution is -2.31. The fourth-order valence-corrected chi connectivity index (χ4v) is 4.77. The van der Waals surface area contributed by atoms with Crippen LogP contribution in [0.4, 0.5) is 13.2 Å². The van der Waals surface area contributed by atoms with E-state index < -0.39 is 28.2 Å². The Bertz CT molecular complexity index is 1270. The highest BCUT2D eigenvalue weighted by atomic mass is 32.2. The first-order chi connectivity index (χ1) is 15.2. The van der Waals surface area contributed by atoms with E-state index in [0.29, 0.717) is 6.42 Å². The van der Waals surface area contributed by atoms with Gasteiger partial charge in [-0.3, -0.25) is 0 Å². The second-order valence-corrected chi connectivity index (χ2v) is 8.71. The summed E-state index contributed by atoms with van der Waals surface area (Å²) >= 11 is 0. The van der Waals surface area contributed by atoms with Gasteiger partial charge < -0.3 is 9.26 Å². The minimum absolute atomic E-state index is 0.0595. The molecule has 0 amide bonds. The molecule has 1 atom stereocenters. The molecule has 3 aromatic rings. The van der Waals surface area contributed by atoms with Crippen LogP contribution in [0, 0.1) is 11.3 Å². The molecular formula is C19H14F3N5O4S. The molecule has 1 fully saturated rings. The zero-order valence-corrected chi connectivity index (χ0v) is 17.0. The van der Waals surface area contributed by atoms with Crippen LogP contribution in [0.2, 0.25) is 0 Å². The maximum atomic E-state index is 12.9. The fraction of sp³-hybridized carbons (Fsp3) is 0.263. The smallest absolute Gasteiger partial charge is 0.471 e. The standard InChI is InChI=1S/C19H14F3N5O4S/c20-19(21,22)18-25-17(26-31-18)13-5-6-16(24-10-13)30-14-7-8-27(11-14)32(28,29)15-4-2-1-3-12(15)9-23/h1-6,10,14H,7-8,11H2. The number of alkyl halides is 3. The van der Waals surface area contributed by atoms with Crippen molar-refractivity contribution in [1.29, 1.82) is 5.26 Å². The van der Waals surface area contributed by atoms with Gasteiger partial charge in [0, 0.05) is 24.4 Å². The molecule has 0 saturated carbocycles. The highest BCUT2D eigenvalue weighted by Gasteiger charge is 2.38. The topological polar surface area (TPSA) is 122 Å². The van der Waals surface area contributed by atoms with E-state index >= 15 is 0 Å². The third-order valence-corrected chi connectivity index (χ3v) is 6.61. The van der Waals surface area contributed by atoms with Crippen molar-refractivity contribution in [2.75, 3.05) is 13.1 Å². The zero-order valence-electron chi connectivity index (χ0n) is 16.2. The van der Waals surface area contributed by atoms with Gasteiger partial charge in [0.2, 0.25) is 21.7 Å². The number of pyridine rings is 1. The third kappa shape index (κ3) is 4.27. The molecule has 9 nitrogen and oxygen atoms in total. The molecule has 1 aromatic carbocycles. The van der Waals surface area contributed by atoms with Gasteiger partial charge in [0.1, 0.15) is 12.2 Å². The molecule has 0 N–H and O–H groups in total. The minimum Gasteiger partial charge on any atom is -0.473 e. The fourth-order valence-electron chi connectivity index (χ4n) is 3.14. The molecule has 1 aliphatic heterocycles. The van der Waals surface area contributed by atoms with Crippen molar-refractivity contribution in [3.05, 3.63) is 54.0 Å². The summed E-state index contributed by atoms with van der Waals surface area (Å²) < 4.78 is 74.7. The van der Waals surface area contributed by atoms with Gasteiger partial charge in [-0.25, -0.2) is 13.4 Å². The van der Waals surface area contributed by atoms with E-state index in [1.807, 2.05) is 6.07 Å². The molecule has 1 aliphatic rings. The van der Waals surface area contributed by atoms with Gasteiger partial charge in [0.05, 0.1) is 17.0 Å². The van der Waals surface area contributed by atoms with E-state index in [0.717, 1.165) is 0 Å². The van der Waals surface area contributed by atoms with Crippen LogP contribution in [0.1, 0.15) is 17.9 Å². The summed E-state index contributed by atoms with van der Waals surface area (Å²) in [7, 11) is -3.87. The molecule has 13 heteroatoms. The lowest BCUT2D eigenvalue weighted by atomic mass is 10.2. The number of sulfonamides is 1. The number of hydrogen-bond acceptors (Lipinski definition) is 8. The number of halogens is 3. The Labute approximate surface area is 180 Å². The Morgan fingerprint density at radius 3 is 2.66 bits per heavy atom. The number of hydrogen-bond donors (Lipinski definition) is 0. The van der Waals surface area contributed by atoms with Crippen LogP contribution < -0.4 is 4.74 Å². The number of ether oxygens (including phenoxy) is 1. The molecule has 0 spiro atoms. The predicted molar refractivity (Wildman–Crippen MR) is 101 cm³/mol. The maximum Gasteiger partial charge on any atom is 0.471 e. The molecule has 0 bridgehead atoms. The molecule has 0 radical (unpaired) electrons. The van der Waals surface area contributed by atoms with Crippen LogP contribution in [0.5, 0.6) is 5.88 Å². The molecule has 3 heterocycles.